The van der Waals surface area contributed by atoms with Crippen LogP contribution in [0, 0.1) is 13.8 Å². The average molecular weight is 464 g/mol. The maximum absolute atomic E-state index is 13.3. The van der Waals surface area contributed by atoms with Gasteiger partial charge in [-0.25, -0.2) is 9.67 Å². The summed E-state index contributed by atoms with van der Waals surface area (Å²) in [7, 11) is 0. The highest BCUT2D eigenvalue weighted by atomic mass is 32.2. The second-order valence-corrected chi connectivity index (χ2v) is 9.33. The molecule has 2 aromatic carbocycles. The Morgan fingerprint density at radius 3 is 2.53 bits per heavy atom. The van der Waals surface area contributed by atoms with Crippen molar-refractivity contribution in [1.29, 1.82) is 0 Å². The summed E-state index contributed by atoms with van der Waals surface area (Å²) in [6.45, 7) is 3.83. The van der Waals surface area contributed by atoms with Crippen molar-refractivity contribution >= 4 is 40.0 Å². The summed E-state index contributed by atoms with van der Waals surface area (Å²) in [5, 5.41) is 8.08. The Morgan fingerprint density at radius 2 is 1.81 bits per heavy atom. The molecule has 7 nitrogen and oxygen atoms in total. The fraction of sp³-hybridized carbons (Fsp3) is 0.130. The summed E-state index contributed by atoms with van der Waals surface area (Å²) in [6, 6.07) is 17.5. The number of thioether (sulfide) groups is 1. The lowest BCUT2D eigenvalue weighted by Gasteiger charge is -2.05. The van der Waals surface area contributed by atoms with Crippen molar-refractivity contribution < 1.29 is 9.59 Å². The number of benzene rings is 2. The third kappa shape index (κ3) is 4.74. The largest absolute Gasteiger partial charge is 0.369 e. The number of primary amides is 1. The molecule has 0 fully saturated rings. The summed E-state index contributed by atoms with van der Waals surface area (Å²) < 4.78 is 2.55. The molecule has 0 saturated carbocycles. The van der Waals surface area contributed by atoms with Crippen molar-refractivity contribution in [2.75, 3.05) is 11.1 Å². The van der Waals surface area contributed by atoms with E-state index in [1.807, 2.05) is 68.4 Å². The molecule has 0 bridgehead atoms. The van der Waals surface area contributed by atoms with Crippen LogP contribution in [-0.4, -0.2) is 32.3 Å². The number of anilines is 1. The van der Waals surface area contributed by atoms with Crippen LogP contribution in [0.4, 0.5) is 5.13 Å². The predicted octanol–water partition coefficient (Wildman–Crippen LogP) is 4.44. The van der Waals surface area contributed by atoms with Gasteiger partial charge in [0, 0.05) is 11.8 Å². The lowest BCUT2D eigenvalue weighted by atomic mass is 10.0. The number of carbonyl (C=O) groups is 2. The molecule has 2 amide bonds. The Labute approximate surface area is 193 Å². The molecule has 0 spiro atoms. The molecule has 4 aromatic rings. The topological polar surface area (TPSA) is 103 Å². The van der Waals surface area contributed by atoms with Crippen molar-refractivity contribution in [3.63, 3.8) is 0 Å². The van der Waals surface area contributed by atoms with Gasteiger partial charge in [-0.3, -0.25) is 14.9 Å². The Hall–Kier alpha value is -3.43. The number of aromatic nitrogens is 3. The summed E-state index contributed by atoms with van der Waals surface area (Å²) in [5.41, 5.74) is 9.79. The van der Waals surface area contributed by atoms with Gasteiger partial charge in [0.05, 0.1) is 26.9 Å². The van der Waals surface area contributed by atoms with Gasteiger partial charge in [-0.2, -0.15) is 5.10 Å². The van der Waals surface area contributed by atoms with E-state index in [2.05, 4.69) is 10.3 Å². The third-order valence-corrected chi connectivity index (χ3v) is 7.16. The molecule has 32 heavy (non-hydrogen) atoms. The minimum absolute atomic E-state index is 0.164. The van der Waals surface area contributed by atoms with Crippen molar-refractivity contribution in [3.05, 3.63) is 77.6 Å². The van der Waals surface area contributed by atoms with Crippen LogP contribution in [-0.2, 0) is 4.79 Å². The van der Waals surface area contributed by atoms with Crippen LogP contribution in [0.3, 0.4) is 0 Å². The summed E-state index contributed by atoms with van der Waals surface area (Å²) >= 11 is 2.63. The summed E-state index contributed by atoms with van der Waals surface area (Å²) in [5.74, 6) is -0.534. The van der Waals surface area contributed by atoms with Gasteiger partial charge < -0.3 is 5.73 Å². The molecule has 2 aromatic heterocycles. The molecular formula is C23H21N5O2S2. The number of nitrogens with zero attached hydrogens (tertiary/aromatic N) is 3. The zero-order chi connectivity index (χ0) is 22.7. The van der Waals surface area contributed by atoms with Crippen LogP contribution in [0.2, 0.25) is 0 Å². The number of thiazole rings is 1. The fourth-order valence-corrected chi connectivity index (χ4v) is 5.03. The third-order valence-electron chi connectivity index (χ3n) is 4.70. The fourth-order valence-electron chi connectivity index (χ4n) is 3.16. The van der Waals surface area contributed by atoms with Crippen LogP contribution >= 0.6 is 23.1 Å². The van der Waals surface area contributed by atoms with E-state index in [-0.39, 0.29) is 11.7 Å². The van der Waals surface area contributed by atoms with Crippen LogP contribution in [0.5, 0.6) is 0 Å². The number of para-hydroxylation sites is 1. The van der Waals surface area contributed by atoms with E-state index < -0.39 is 5.91 Å². The lowest BCUT2D eigenvalue weighted by Crippen LogP contribution is -2.12. The normalized spacial score (nSPS) is 10.8. The molecule has 2 heterocycles. The van der Waals surface area contributed by atoms with E-state index in [1.165, 1.54) is 23.1 Å². The predicted molar refractivity (Wildman–Crippen MR) is 128 cm³/mol. The van der Waals surface area contributed by atoms with Crippen molar-refractivity contribution in [1.82, 2.24) is 14.8 Å². The Balaban J connectivity index is 1.68. The molecule has 9 heteroatoms. The number of nitrogens with one attached hydrogen (secondary N) is 1. The second-order valence-electron chi connectivity index (χ2n) is 7.09. The molecule has 0 saturated heterocycles. The number of aryl methyl sites for hydroxylation is 2. The first kappa shape index (κ1) is 21.8. The van der Waals surface area contributed by atoms with Crippen molar-refractivity contribution in [2.24, 2.45) is 5.73 Å². The van der Waals surface area contributed by atoms with E-state index in [0.29, 0.717) is 16.4 Å². The molecule has 0 aliphatic heterocycles. The maximum Gasteiger partial charge on any atom is 0.261 e. The van der Waals surface area contributed by atoms with E-state index in [4.69, 9.17) is 10.8 Å². The smallest absolute Gasteiger partial charge is 0.261 e. The van der Waals surface area contributed by atoms with Gasteiger partial charge in [-0.05, 0) is 31.5 Å². The highest BCUT2D eigenvalue weighted by Crippen LogP contribution is 2.33. The number of nitrogens with two attached hydrogens (primary N) is 1. The van der Waals surface area contributed by atoms with Crippen LogP contribution in [0.25, 0.3) is 16.9 Å². The number of hydrogen-bond donors (Lipinski definition) is 2. The standard InChI is InChI=1S/C23H21N5O2S2/c1-14-8-6-7-11-17(14)20-18(12-28(27-20)16-9-4-3-5-10-16)21(30)26-23-25-15(2)22(32-23)31-13-19(24)29/h3-12H,13H2,1-2H3,(H2,24,29)(H,25,26,30). The van der Waals surface area contributed by atoms with Gasteiger partial charge in [0.2, 0.25) is 5.91 Å². The molecular weight excluding hydrogens is 442 g/mol. The molecule has 4 rings (SSSR count). The molecule has 0 unspecified atom stereocenters. The first-order chi connectivity index (χ1) is 15.4. The quantitative estimate of drug-likeness (QED) is 0.394. The Kier molecular flexibility index (Phi) is 6.38. The maximum atomic E-state index is 13.3. The van der Waals surface area contributed by atoms with Gasteiger partial charge in [-0.15, -0.1) is 11.8 Å². The monoisotopic (exact) mass is 463 g/mol. The minimum Gasteiger partial charge on any atom is -0.369 e. The number of carbonyl (C=O) groups excluding carboxylic acids is 2. The molecule has 0 aliphatic carbocycles. The molecule has 3 N–H and O–H groups in total. The van der Waals surface area contributed by atoms with Crippen molar-refractivity contribution in [2.45, 2.75) is 18.1 Å². The highest BCUT2D eigenvalue weighted by molar-refractivity contribution is 8.01. The van der Waals surface area contributed by atoms with Crippen LogP contribution in [0.15, 0.2) is 65.0 Å². The summed E-state index contributed by atoms with van der Waals surface area (Å²) in [6.07, 6.45) is 1.73. The number of rotatable bonds is 7. The average Bonchev–Trinajstić information content (AvgIpc) is 3.37. The zero-order valence-electron chi connectivity index (χ0n) is 17.5. The van der Waals surface area contributed by atoms with Crippen LogP contribution < -0.4 is 11.1 Å². The molecule has 0 aliphatic rings. The van der Waals surface area contributed by atoms with E-state index in [0.717, 1.165) is 26.7 Å². The van der Waals surface area contributed by atoms with Gasteiger partial charge in [0.1, 0.15) is 5.69 Å². The number of amides is 2. The van der Waals surface area contributed by atoms with Gasteiger partial charge >= 0.3 is 0 Å². The molecule has 162 valence electrons. The minimum atomic E-state index is -0.399. The molecule has 0 atom stereocenters. The second kappa shape index (κ2) is 9.37. The highest BCUT2D eigenvalue weighted by Gasteiger charge is 2.21. The van der Waals surface area contributed by atoms with Gasteiger partial charge in [-0.1, -0.05) is 53.8 Å². The summed E-state index contributed by atoms with van der Waals surface area (Å²) in [4.78, 5) is 28.8. The Morgan fingerprint density at radius 1 is 1.09 bits per heavy atom. The van der Waals surface area contributed by atoms with E-state index >= 15 is 0 Å². The lowest BCUT2D eigenvalue weighted by molar-refractivity contribution is -0.115. The van der Waals surface area contributed by atoms with Crippen molar-refractivity contribution in [3.8, 4) is 16.9 Å². The SMILES string of the molecule is Cc1ccccc1-c1nn(-c2ccccc2)cc1C(=O)Nc1nc(C)c(SCC(N)=O)s1. The van der Waals surface area contributed by atoms with Gasteiger partial charge in [0.15, 0.2) is 5.13 Å². The molecule has 0 radical (unpaired) electrons. The first-order valence-corrected chi connectivity index (χ1v) is 11.6. The van der Waals surface area contributed by atoms with E-state index in [1.54, 1.807) is 10.9 Å². The zero-order valence-corrected chi connectivity index (χ0v) is 19.2. The van der Waals surface area contributed by atoms with Gasteiger partial charge in [0.25, 0.3) is 5.91 Å². The number of hydrogen-bond acceptors (Lipinski definition) is 6. The first-order valence-electron chi connectivity index (χ1n) is 9.83. The van der Waals surface area contributed by atoms with Crippen LogP contribution in [0.1, 0.15) is 21.6 Å². The Bertz CT molecular complexity index is 1280. The van der Waals surface area contributed by atoms with E-state index in [9.17, 15) is 9.59 Å².